The number of hydrazone groups is 1. The number of anilines is 2. The highest BCUT2D eigenvalue weighted by Gasteiger charge is 2.30. The van der Waals surface area contributed by atoms with E-state index in [2.05, 4.69) is 15.8 Å². The van der Waals surface area contributed by atoms with Gasteiger partial charge in [-0.15, -0.1) is 5.10 Å². The molecule has 0 radical (unpaired) electrons. The molecule has 0 atom stereocenters. The van der Waals surface area contributed by atoms with Gasteiger partial charge in [0.05, 0.1) is 11.4 Å². The molecule has 0 aromatic heterocycles. The van der Waals surface area contributed by atoms with Crippen LogP contribution in [0.1, 0.15) is 23.7 Å². The van der Waals surface area contributed by atoms with Gasteiger partial charge in [-0.3, -0.25) is 19.3 Å². The van der Waals surface area contributed by atoms with Gasteiger partial charge in [0, 0.05) is 17.7 Å². The minimum atomic E-state index is -0.454. The van der Waals surface area contributed by atoms with E-state index < -0.39 is 5.91 Å². The van der Waals surface area contributed by atoms with Crippen LogP contribution in [0, 0.1) is 0 Å². The Morgan fingerprint density at radius 2 is 1.82 bits per heavy atom. The fourth-order valence-electron chi connectivity index (χ4n) is 2.42. The highest BCUT2D eigenvalue weighted by atomic mass is 32.2. The normalized spacial score (nSPS) is 15.0. The summed E-state index contributed by atoms with van der Waals surface area (Å²) in [7, 11) is 0. The molecule has 3 N–H and O–H groups in total. The number of nitrogens with one attached hydrogen (secondary N) is 2. The molecule has 144 valence electrons. The van der Waals surface area contributed by atoms with Crippen molar-refractivity contribution in [3.8, 4) is 5.75 Å². The number of benzene rings is 2. The van der Waals surface area contributed by atoms with Gasteiger partial charge in [0.2, 0.25) is 11.8 Å². The first kappa shape index (κ1) is 19.4. The summed E-state index contributed by atoms with van der Waals surface area (Å²) >= 11 is 1.21. The van der Waals surface area contributed by atoms with E-state index in [4.69, 9.17) is 0 Å². The second-order valence-corrected chi connectivity index (χ2v) is 6.79. The Bertz CT molecular complexity index is 926. The van der Waals surface area contributed by atoms with Crippen LogP contribution in [-0.4, -0.2) is 33.7 Å². The van der Waals surface area contributed by atoms with Crippen molar-refractivity contribution in [3.63, 3.8) is 0 Å². The van der Waals surface area contributed by atoms with Crippen LogP contribution in [0.15, 0.2) is 53.6 Å². The van der Waals surface area contributed by atoms with Gasteiger partial charge >= 0.3 is 0 Å². The monoisotopic (exact) mass is 398 g/mol. The summed E-state index contributed by atoms with van der Waals surface area (Å²) in [5.41, 5.74) is 3.97. The molecule has 1 heterocycles. The van der Waals surface area contributed by atoms with E-state index in [9.17, 15) is 19.5 Å². The number of thioether (sulfide) groups is 1. The molecule has 1 aliphatic rings. The molecule has 1 aliphatic heterocycles. The third-order valence-electron chi connectivity index (χ3n) is 3.88. The lowest BCUT2D eigenvalue weighted by atomic mass is 10.2. The molecule has 8 nitrogen and oxygen atoms in total. The molecular weight excluding hydrogens is 380 g/mol. The van der Waals surface area contributed by atoms with Gasteiger partial charge in [0.15, 0.2) is 5.17 Å². The lowest BCUT2D eigenvalue weighted by molar-refractivity contribution is -0.116. The molecule has 0 aliphatic carbocycles. The Morgan fingerprint density at radius 3 is 2.46 bits per heavy atom. The number of phenolic OH excluding ortho intramolecular Hbond substituents is 1. The number of amidine groups is 1. The lowest BCUT2D eigenvalue weighted by Crippen LogP contribution is -2.31. The third kappa shape index (κ3) is 4.49. The van der Waals surface area contributed by atoms with Crippen molar-refractivity contribution in [1.82, 2.24) is 5.43 Å². The molecule has 2 aromatic carbocycles. The van der Waals surface area contributed by atoms with Crippen LogP contribution in [0.5, 0.6) is 5.75 Å². The lowest BCUT2D eigenvalue weighted by Gasteiger charge is -2.16. The Labute approximate surface area is 165 Å². The summed E-state index contributed by atoms with van der Waals surface area (Å²) in [6, 6.07) is 12.6. The molecule has 28 heavy (non-hydrogen) atoms. The fraction of sp³-hybridized carbons (Fsp3) is 0.158. The molecule has 3 rings (SSSR count). The largest absolute Gasteiger partial charge is 0.508 e. The fourth-order valence-corrected chi connectivity index (χ4v) is 3.25. The molecule has 0 saturated carbocycles. The first-order chi connectivity index (χ1) is 13.5. The molecule has 9 heteroatoms. The van der Waals surface area contributed by atoms with Gasteiger partial charge in [-0.25, -0.2) is 5.43 Å². The number of rotatable bonds is 5. The van der Waals surface area contributed by atoms with Crippen molar-refractivity contribution in [2.45, 2.75) is 13.3 Å². The maximum atomic E-state index is 12.3. The maximum absolute atomic E-state index is 12.3. The van der Waals surface area contributed by atoms with Gasteiger partial charge < -0.3 is 10.4 Å². The van der Waals surface area contributed by atoms with Crippen LogP contribution >= 0.6 is 11.8 Å². The number of amides is 3. The van der Waals surface area contributed by atoms with Crippen molar-refractivity contribution >= 4 is 46.0 Å². The molecule has 3 amide bonds. The van der Waals surface area contributed by atoms with Gasteiger partial charge in [-0.1, -0.05) is 18.7 Å². The van der Waals surface area contributed by atoms with Gasteiger partial charge in [0.1, 0.15) is 5.75 Å². The highest BCUT2D eigenvalue weighted by molar-refractivity contribution is 8.15. The van der Waals surface area contributed by atoms with Crippen molar-refractivity contribution in [2.75, 3.05) is 16.0 Å². The number of carbonyl (C=O) groups excluding carboxylic acids is 3. The Balaban J connectivity index is 1.73. The molecule has 0 bridgehead atoms. The number of nitrogens with zero attached hydrogens (tertiary/aromatic N) is 2. The minimum absolute atomic E-state index is 0.0598. The molecule has 0 unspecified atom stereocenters. The van der Waals surface area contributed by atoms with E-state index in [1.165, 1.54) is 40.9 Å². The smallest absolute Gasteiger partial charge is 0.271 e. The number of aromatic hydroxyl groups is 1. The van der Waals surface area contributed by atoms with E-state index in [-0.39, 0.29) is 23.3 Å². The Kier molecular flexibility index (Phi) is 5.95. The van der Waals surface area contributed by atoms with E-state index in [0.29, 0.717) is 28.5 Å². The van der Waals surface area contributed by atoms with Crippen molar-refractivity contribution in [1.29, 1.82) is 0 Å². The summed E-state index contributed by atoms with van der Waals surface area (Å²) in [4.78, 5) is 37.3. The van der Waals surface area contributed by atoms with Crippen LogP contribution in [-0.2, 0) is 9.59 Å². The van der Waals surface area contributed by atoms with Crippen molar-refractivity contribution < 1.29 is 19.5 Å². The van der Waals surface area contributed by atoms with Crippen LogP contribution in [0.4, 0.5) is 11.4 Å². The standard InChI is InChI=1S/C19H18N4O4S/c1-2-16(25)20-13-5-7-14(8-6-13)23-17(26)11-28-19(23)22-21-18(27)12-3-9-15(24)10-4-12/h3-10,24H,2,11H2,1H3,(H,20,25)(H,21,27)/b22-19+. The Morgan fingerprint density at radius 1 is 1.14 bits per heavy atom. The van der Waals surface area contributed by atoms with Crippen LogP contribution in [0.3, 0.4) is 0 Å². The van der Waals surface area contributed by atoms with E-state index in [0.717, 1.165) is 0 Å². The summed E-state index contributed by atoms with van der Waals surface area (Å²) in [5, 5.41) is 16.4. The maximum Gasteiger partial charge on any atom is 0.271 e. The SMILES string of the molecule is CCC(=O)Nc1ccc(N2C(=O)CS/C2=N/NC(=O)c2ccc(O)cc2)cc1. The molecule has 1 saturated heterocycles. The summed E-state index contributed by atoms with van der Waals surface area (Å²) in [6.07, 6.45) is 0.376. The molecule has 2 aromatic rings. The zero-order chi connectivity index (χ0) is 20.1. The van der Waals surface area contributed by atoms with Gasteiger partial charge in [0.25, 0.3) is 5.91 Å². The van der Waals surface area contributed by atoms with E-state index >= 15 is 0 Å². The number of hydrogen-bond acceptors (Lipinski definition) is 6. The minimum Gasteiger partial charge on any atom is -0.508 e. The predicted octanol–water partition coefficient (Wildman–Crippen LogP) is 2.52. The van der Waals surface area contributed by atoms with Gasteiger partial charge in [-0.2, -0.15) is 0 Å². The molecular formula is C19H18N4O4S. The van der Waals surface area contributed by atoms with Crippen LogP contribution in [0.2, 0.25) is 0 Å². The first-order valence-electron chi connectivity index (χ1n) is 8.50. The number of phenols is 1. The number of carbonyl (C=O) groups is 3. The molecule has 1 fully saturated rings. The second-order valence-electron chi connectivity index (χ2n) is 5.85. The first-order valence-corrected chi connectivity index (χ1v) is 9.49. The van der Waals surface area contributed by atoms with Crippen molar-refractivity contribution in [3.05, 3.63) is 54.1 Å². The Hall–Kier alpha value is -3.33. The number of hydrogen-bond donors (Lipinski definition) is 3. The third-order valence-corrected chi connectivity index (χ3v) is 4.80. The zero-order valence-corrected chi connectivity index (χ0v) is 15.8. The highest BCUT2D eigenvalue weighted by Crippen LogP contribution is 2.27. The molecule has 0 spiro atoms. The predicted molar refractivity (Wildman–Crippen MR) is 108 cm³/mol. The average molecular weight is 398 g/mol. The van der Waals surface area contributed by atoms with Crippen LogP contribution in [0.25, 0.3) is 0 Å². The van der Waals surface area contributed by atoms with E-state index in [1.807, 2.05) is 0 Å². The summed E-state index contributed by atoms with van der Waals surface area (Å²) < 4.78 is 0. The summed E-state index contributed by atoms with van der Waals surface area (Å²) in [5.74, 6) is -0.440. The van der Waals surface area contributed by atoms with Gasteiger partial charge in [-0.05, 0) is 48.5 Å². The second kappa shape index (κ2) is 8.57. The quantitative estimate of drug-likeness (QED) is 0.670. The van der Waals surface area contributed by atoms with E-state index in [1.54, 1.807) is 31.2 Å². The average Bonchev–Trinajstić information content (AvgIpc) is 3.07. The topological polar surface area (TPSA) is 111 Å². The zero-order valence-electron chi connectivity index (χ0n) is 15.0. The van der Waals surface area contributed by atoms with Crippen LogP contribution < -0.4 is 15.6 Å². The van der Waals surface area contributed by atoms with Crippen molar-refractivity contribution in [2.24, 2.45) is 5.10 Å². The summed E-state index contributed by atoms with van der Waals surface area (Å²) in [6.45, 7) is 1.76.